The SMILES string of the molecule is C=S(C)N1CC(F)(F)C1. The lowest BCUT2D eigenvalue weighted by molar-refractivity contribution is -0.0905. The van der Waals surface area contributed by atoms with Crippen LogP contribution in [0.3, 0.4) is 0 Å². The minimum atomic E-state index is -2.43. The Morgan fingerprint density at radius 3 is 2.11 bits per heavy atom. The van der Waals surface area contributed by atoms with Gasteiger partial charge in [0.25, 0.3) is 5.92 Å². The molecule has 1 fully saturated rings. The first kappa shape index (κ1) is 7.15. The van der Waals surface area contributed by atoms with E-state index in [0.29, 0.717) is 0 Å². The molecule has 1 heterocycles. The van der Waals surface area contributed by atoms with Crippen molar-refractivity contribution in [2.75, 3.05) is 19.3 Å². The highest BCUT2D eigenvalue weighted by atomic mass is 32.2. The minimum Gasteiger partial charge on any atom is -0.245 e. The molecule has 0 bridgehead atoms. The van der Waals surface area contributed by atoms with E-state index >= 15 is 0 Å². The lowest BCUT2D eigenvalue weighted by atomic mass is 10.2. The summed E-state index contributed by atoms with van der Waals surface area (Å²) >= 11 is 0. The first-order valence-electron chi connectivity index (χ1n) is 2.60. The van der Waals surface area contributed by atoms with Crippen molar-refractivity contribution in [1.82, 2.24) is 4.31 Å². The van der Waals surface area contributed by atoms with Crippen LogP contribution in [0.1, 0.15) is 0 Å². The molecule has 54 valence electrons. The average molecular weight is 153 g/mol. The Hall–Kier alpha value is 0.0400. The molecule has 1 unspecified atom stereocenters. The quantitative estimate of drug-likeness (QED) is 0.511. The van der Waals surface area contributed by atoms with Crippen molar-refractivity contribution in [2.24, 2.45) is 0 Å². The van der Waals surface area contributed by atoms with Crippen LogP contribution in [-0.2, 0) is 0 Å². The molecule has 0 saturated carbocycles. The van der Waals surface area contributed by atoms with Crippen LogP contribution < -0.4 is 0 Å². The summed E-state index contributed by atoms with van der Waals surface area (Å²) in [5.41, 5.74) is 0. The number of rotatable bonds is 1. The van der Waals surface area contributed by atoms with Gasteiger partial charge in [0.05, 0.1) is 13.1 Å². The smallest absolute Gasteiger partial charge is 0.245 e. The van der Waals surface area contributed by atoms with E-state index in [4.69, 9.17) is 0 Å². The highest BCUT2D eigenvalue weighted by Gasteiger charge is 2.43. The van der Waals surface area contributed by atoms with Crippen molar-refractivity contribution >= 4 is 16.5 Å². The van der Waals surface area contributed by atoms with Gasteiger partial charge in [0, 0.05) is 0 Å². The van der Waals surface area contributed by atoms with Gasteiger partial charge in [0.2, 0.25) is 0 Å². The number of alkyl halides is 2. The van der Waals surface area contributed by atoms with Gasteiger partial charge < -0.3 is 0 Å². The van der Waals surface area contributed by atoms with E-state index in [0.717, 1.165) is 0 Å². The summed E-state index contributed by atoms with van der Waals surface area (Å²) in [6.45, 7) is -0.202. The van der Waals surface area contributed by atoms with Crippen LogP contribution in [0, 0.1) is 0 Å². The lowest BCUT2D eigenvalue weighted by Crippen LogP contribution is -2.52. The minimum absolute atomic E-state index is 0.101. The van der Waals surface area contributed by atoms with Gasteiger partial charge in [-0.15, -0.1) is 10.7 Å². The van der Waals surface area contributed by atoms with Crippen LogP contribution in [0.2, 0.25) is 0 Å². The molecular weight excluding hydrogens is 144 g/mol. The Kier molecular flexibility index (Phi) is 1.61. The monoisotopic (exact) mass is 153 g/mol. The molecule has 1 aliphatic rings. The molecule has 0 spiro atoms. The molecule has 9 heavy (non-hydrogen) atoms. The highest BCUT2D eigenvalue weighted by molar-refractivity contribution is 8.11. The number of halogens is 2. The molecule has 1 nitrogen and oxygen atoms in total. The van der Waals surface area contributed by atoms with Gasteiger partial charge in [-0.2, -0.15) is 0 Å². The molecule has 1 aliphatic heterocycles. The van der Waals surface area contributed by atoms with Gasteiger partial charge in [-0.3, -0.25) is 0 Å². The van der Waals surface area contributed by atoms with Gasteiger partial charge in [0.1, 0.15) is 0 Å². The Morgan fingerprint density at radius 2 is 2.00 bits per heavy atom. The lowest BCUT2D eigenvalue weighted by Gasteiger charge is -2.38. The predicted molar refractivity (Wildman–Crippen MR) is 37.2 cm³/mol. The van der Waals surface area contributed by atoms with E-state index in [1.807, 2.05) is 6.26 Å². The summed E-state index contributed by atoms with van der Waals surface area (Å²) in [5, 5.41) is 0. The molecule has 1 atom stereocenters. The average Bonchev–Trinajstić information content (AvgIpc) is 1.59. The second-order valence-corrected chi connectivity index (χ2v) is 3.97. The van der Waals surface area contributed by atoms with Crippen LogP contribution in [-0.4, -0.2) is 35.4 Å². The largest absolute Gasteiger partial charge is 0.274 e. The maximum Gasteiger partial charge on any atom is 0.274 e. The van der Waals surface area contributed by atoms with E-state index in [2.05, 4.69) is 5.87 Å². The summed E-state index contributed by atoms with van der Waals surface area (Å²) in [5.74, 6) is 1.21. The molecule has 1 saturated heterocycles. The van der Waals surface area contributed by atoms with Crippen molar-refractivity contribution in [2.45, 2.75) is 5.92 Å². The van der Waals surface area contributed by atoms with Crippen molar-refractivity contribution in [3.05, 3.63) is 0 Å². The van der Waals surface area contributed by atoms with Crippen LogP contribution >= 0.6 is 10.7 Å². The van der Waals surface area contributed by atoms with Gasteiger partial charge in [0.15, 0.2) is 0 Å². The van der Waals surface area contributed by atoms with E-state index in [9.17, 15) is 8.78 Å². The van der Waals surface area contributed by atoms with Crippen molar-refractivity contribution < 1.29 is 8.78 Å². The zero-order chi connectivity index (χ0) is 7.07. The van der Waals surface area contributed by atoms with Crippen LogP contribution in [0.15, 0.2) is 0 Å². The van der Waals surface area contributed by atoms with Crippen molar-refractivity contribution in [1.29, 1.82) is 0 Å². The molecule has 0 N–H and O–H groups in total. The van der Waals surface area contributed by atoms with Gasteiger partial charge in [-0.1, -0.05) is 5.87 Å². The molecule has 0 aliphatic carbocycles. The fourth-order valence-corrected chi connectivity index (χ4v) is 1.51. The van der Waals surface area contributed by atoms with Gasteiger partial charge in [-0.25, -0.2) is 13.1 Å². The third kappa shape index (κ3) is 1.49. The van der Waals surface area contributed by atoms with E-state index in [1.165, 1.54) is 0 Å². The molecule has 0 radical (unpaired) electrons. The molecule has 0 aromatic heterocycles. The Bertz CT molecular complexity index is 138. The van der Waals surface area contributed by atoms with Crippen molar-refractivity contribution in [3.8, 4) is 0 Å². The Morgan fingerprint density at radius 1 is 1.56 bits per heavy atom. The highest BCUT2D eigenvalue weighted by Crippen LogP contribution is 2.32. The van der Waals surface area contributed by atoms with Crippen LogP contribution in [0.5, 0.6) is 0 Å². The van der Waals surface area contributed by atoms with E-state index in [-0.39, 0.29) is 23.8 Å². The fourth-order valence-electron chi connectivity index (χ4n) is 0.690. The van der Waals surface area contributed by atoms with Gasteiger partial charge in [-0.05, 0) is 6.26 Å². The standard InChI is InChI=1S/C5H9F2NS/c1-9(2)8-3-5(6,7)4-8/h1,3-4H2,2H3. The van der Waals surface area contributed by atoms with Crippen LogP contribution in [0.25, 0.3) is 0 Å². The van der Waals surface area contributed by atoms with Crippen molar-refractivity contribution in [3.63, 3.8) is 0 Å². The predicted octanol–water partition coefficient (Wildman–Crippen LogP) is 1.18. The summed E-state index contributed by atoms with van der Waals surface area (Å²) in [4.78, 5) is 0. The normalized spacial score (nSPS) is 29.2. The topological polar surface area (TPSA) is 3.24 Å². The maximum atomic E-state index is 12.1. The van der Waals surface area contributed by atoms with Crippen LogP contribution in [0.4, 0.5) is 8.78 Å². The number of hydrogen-bond acceptors (Lipinski definition) is 1. The van der Waals surface area contributed by atoms with Gasteiger partial charge >= 0.3 is 0 Å². The number of nitrogens with zero attached hydrogens (tertiary/aromatic N) is 1. The Balaban J connectivity index is 2.35. The Labute approximate surface area is 55.7 Å². The third-order valence-corrected chi connectivity index (χ3v) is 2.40. The van der Waals surface area contributed by atoms with E-state index in [1.54, 1.807) is 4.31 Å². The summed E-state index contributed by atoms with van der Waals surface area (Å²) in [6, 6.07) is 0. The maximum absolute atomic E-state index is 12.1. The number of hydrogen-bond donors (Lipinski definition) is 0. The molecule has 1 rings (SSSR count). The first-order valence-corrected chi connectivity index (χ1v) is 4.36. The summed E-state index contributed by atoms with van der Waals surface area (Å²) in [6.07, 6.45) is 1.84. The zero-order valence-electron chi connectivity index (χ0n) is 5.23. The second-order valence-electron chi connectivity index (χ2n) is 2.25. The third-order valence-electron chi connectivity index (χ3n) is 1.26. The molecule has 0 aromatic rings. The molecule has 0 aromatic carbocycles. The molecule has 4 heteroatoms. The second kappa shape index (κ2) is 2.02. The van der Waals surface area contributed by atoms with E-state index < -0.39 is 5.92 Å². The first-order chi connectivity index (χ1) is 4.01. The zero-order valence-corrected chi connectivity index (χ0v) is 6.05. The fraction of sp³-hybridized carbons (Fsp3) is 0.800. The summed E-state index contributed by atoms with van der Waals surface area (Å²) in [7, 11) is -0.217. The summed E-state index contributed by atoms with van der Waals surface area (Å²) < 4.78 is 25.8. The molecule has 0 amide bonds. The molecular formula is C5H9F2NS.